The Morgan fingerprint density at radius 2 is 1.67 bits per heavy atom. The number of ketones is 1. The number of aliphatic imine (C=N–C) groups is 1. The minimum absolute atomic E-state index is 0.0584. The summed E-state index contributed by atoms with van der Waals surface area (Å²) < 4.78 is 0. The number of nitrogens with zero attached hydrogens (tertiary/aromatic N) is 2. The molecular formula is C29H37N7O4S2. The zero-order valence-corrected chi connectivity index (χ0v) is 25.3. The SMILES string of the molecule is CC(C)[C@H](NC(=O)[C@H](Cc1ccccc1)NC(=O)Cc1cccs1)C(=O)N[C@@H](CCCN=C(N)N)C(=O)c1nccs1. The number of thiophene rings is 1. The van der Waals surface area contributed by atoms with E-state index in [1.54, 1.807) is 19.2 Å². The molecule has 2 heterocycles. The molecule has 2 aromatic heterocycles. The molecule has 11 nitrogen and oxygen atoms in total. The molecule has 0 aliphatic heterocycles. The van der Waals surface area contributed by atoms with E-state index in [1.807, 2.05) is 47.8 Å². The number of guanidine groups is 1. The molecule has 7 N–H and O–H groups in total. The highest BCUT2D eigenvalue weighted by Crippen LogP contribution is 2.14. The third-order valence-corrected chi connectivity index (χ3v) is 7.98. The topological polar surface area (TPSA) is 182 Å². The van der Waals surface area contributed by atoms with E-state index in [9.17, 15) is 19.2 Å². The summed E-state index contributed by atoms with van der Waals surface area (Å²) in [6.45, 7) is 3.88. The maximum absolute atomic E-state index is 13.6. The van der Waals surface area contributed by atoms with E-state index < -0.39 is 29.9 Å². The first kappa shape index (κ1) is 32.4. The maximum atomic E-state index is 13.6. The van der Waals surface area contributed by atoms with Gasteiger partial charge in [-0.3, -0.25) is 24.2 Å². The van der Waals surface area contributed by atoms with Gasteiger partial charge >= 0.3 is 0 Å². The molecule has 0 aliphatic rings. The Morgan fingerprint density at radius 1 is 0.905 bits per heavy atom. The molecular weight excluding hydrogens is 574 g/mol. The molecule has 3 amide bonds. The van der Waals surface area contributed by atoms with Crippen LogP contribution in [-0.4, -0.2) is 59.1 Å². The Morgan fingerprint density at radius 3 is 2.29 bits per heavy atom. The molecule has 0 bridgehead atoms. The number of nitrogens with two attached hydrogens (primary N) is 2. The minimum Gasteiger partial charge on any atom is -0.370 e. The van der Waals surface area contributed by atoms with Gasteiger partial charge in [0.2, 0.25) is 23.5 Å². The summed E-state index contributed by atoms with van der Waals surface area (Å²) in [5.41, 5.74) is 11.7. The van der Waals surface area contributed by atoms with E-state index >= 15 is 0 Å². The first-order valence-electron chi connectivity index (χ1n) is 13.6. The highest BCUT2D eigenvalue weighted by Gasteiger charge is 2.32. The zero-order valence-electron chi connectivity index (χ0n) is 23.6. The molecule has 224 valence electrons. The first-order chi connectivity index (χ1) is 20.1. The first-order valence-corrected chi connectivity index (χ1v) is 15.4. The molecule has 0 saturated carbocycles. The molecule has 3 atom stereocenters. The Labute approximate surface area is 253 Å². The van der Waals surface area contributed by atoms with Gasteiger partial charge in [0.15, 0.2) is 11.0 Å². The van der Waals surface area contributed by atoms with Gasteiger partial charge in [0.05, 0.1) is 12.5 Å². The number of amides is 3. The number of hydrogen-bond acceptors (Lipinski definition) is 8. The van der Waals surface area contributed by atoms with Gasteiger partial charge in [-0.2, -0.15) is 0 Å². The highest BCUT2D eigenvalue weighted by atomic mass is 32.1. The van der Waals surface area contributed by atoms with Crippen LogP contribution in [0.5, 0.6) is 0 Å². The molecule has 42 heavy (non-hydrogen) atoms. The summed E-state index contributed by atoms with van der Waals surface area (Å²) >= 11 is 2.64. The summed E-state index contributed by atoms with van der Waals surface area (Å²) in [7, 11) is 0. The Kier molecular flexibility index (Phi) is 12.6. The van der Waals surface area contributed by atoms with Crippen LogP contribution in [0.3, 0.4) is 0 Å². The van der Waals surface area contributed by atoms with Crippen molar-refractivity contribution >= 4 is 52.1 Å². The van der Waals surface area contributed by atoms with Crippen LogP contribution in [0.1, 0.15) is 46.9 Å². The number of carbonyl (C=O) groups is 4. The summed E-state index contributed by atoms with van der Waals surface area (Å²) in [6.07, 6.45) is 2.62. The summed E-state index contributed by atoms with van der Waals surface area (Å²) in [4.78, 5) is 62.0. The lowest BCUT2D eigenvalue weighted by Crippen LogP contribution is -2.57. The molecule has 0 spiro atoms. The van der Waals surface area contributed by atoms with Crippen molar-refractivity contribution in [2.24, 2.45) is 22.4 Å². The number of nitrogens with one attached hydrogen (secondary N) is 3. The van der Waals surface area contributed by atoms with E-state index in [0.717, 1.165) is 10.4 Å². The highest BCUT2D eigenvalue weighted by molar-refractivity contribution is 7.11. The van der Waals surface area contributed by atoms with Gasteiger partial charge in [-0.25, -0.2) is 4.98 Å². The number of Topliss-reactive ketones (excluding diaryl/α,β-unsaturated/α-hetero) is 1. The third-order valence-electron chi connectivity index (χ3n) is 6.32. The van der Waals surface area contributed by atoms with Crippen molar-refractivity contribution in [1.82, 2.24) is 20.9 Å². The molecule has 1 aromatic carbocycles. The Hall–Kier alpha value is -4.10. The fourth-order valence-corrected chi connectivity index (χ4v) is 5.53. The monoisotopic (exact) mass is 611 g/mol. The van der Waals surface area contributed by atoms with Crippen LogP contribution < -0.4 is 27.4 Å². The summed E-state index contributed by atoms with van der Waals surface area (Å²) in [5, 5.41) is 12.3. The van der Waals surface area contributed by atoms with Gasteiger partial charge in [-0.05, 0) is 35.8 Å². The number of aromatic nitrogens is 1. The van der Waals surface area contributed by atoms with Crippen LogP contribution in [-0.2, 0) is 27.2 Å². The van der Waals surface area contributed by atoms with Crippen LogP contribution >= 0.6 is 22.7 Å². The van der Waals surface area contributed by atoms with Crippen LogP contribution in [0.4, 0.5) is 0 Å². The number of thiazole rings is 1. The summed E-state index contributed by atoms with van der Waals surface area (Å²) in [6, 6.07) is 10.3. The van der Waals surface area contributed by atoms with E-state index in [0.29, 0.717) is 6.42 Å². The van der Waals surface area contributed by atoms with Crippen LogP contribution in [0, 0.1) is 5.92 Å². The average molecular weight is 612 g/mol. The predicted octanol–water partition coefficient (Wildman–Crippen LogP) is 2.04. The lowest BCUT2D eigenvalue weighted by Gasteiger charge is -2.27. The number of rotatable bonds is 16. The Balaban J connectivity index is 1.74. The fraction of sp³-hybridized carbons (Fsp3) is 0.379. The van der Waals surface area contributed by atoms with Crippen molar-refractivity contribution in [3.63, 3.8) is 0 Å². The molecule has 0 radical (unpaired) electrons. The smallest absolute Gasteiger partial charge is 0.243 e. The third kappa shape index (κ3) is 10.4. The van der Waals surface area contributed by atoms with Crippen LogP contribution in [0.15, 0.2) is 64.4 Å². The van der Waals surface area contributed by atoms with Crippen molar-refractivity contribution in [3.05, 3.63) is 74.9 Å². The molecule has 3 aromatic rings. The van der Waals surface area contributed by atoms with Gasteiger partial charge in [0.25, 0.3) is 0 Å². The lowest BCUT2D eigenvalue weighted by molar-refractivity contribution is -0.132. The van der Waals surface area contributed by atoms with E-state index in [4.69, 9.17) is 11.5 Å². The van der Waals surface area contributed by atoms with Crippen LogP contribution in [0.25, 0.3) is 0 Å². The quantitative estimate of drug-likeness (QED) is 0.0711. The minimum atomic E-state index is -0.964. The molecule has 0 unspecified atom stereocenters. The lowest BCUT2D eigenvalue weighted by atomic mass is 9.99. The average Bonchev–Trinajstić information content (AvgIpc) is 3.67. The van der Waals surface area contributed by atoms with Crippen molar-refractivity contribution in [1.29, 1.82) is 0 Å². The van der Waals surface area contributed by atoms with Gasteiger partial charge < -0.3 is 27.4 Å². The molecule has 0 fully saturated rings. The standard InChI is InChI=1S/C29H37N7O4S2/c1-18(2)24(27(40)35-21(11-6-12-33-29(30)31)25(38)28-32-13-15-42-28)36-26(39)22(16-19-8-4-3-5-9-19)34-23(37)17-20-10-7-14-41-20/h3-5,7-10,13-15,18,21-22,24H,6,11-12,16-17H2,1-2H3,(H,34,37)(H,35,40)(H,36,39)(H4,30,31,33)/t21-,22-,24-/m0/s1. The van der Waals surface area contributed by atoms with Crippen LogP contribution in [0.2, 0.25) is 0 Å². The molecule has 0 aliphatic carbocycles. The van der Waals surface area contributed by atoms with Crippen molar-refractivity contribution in [3.8, 4) is 0 Å². The van der Waals surface area contributed by atoms with E-state index in [2.05, 4.69) is 25.9 Å². The molecule has 3 rings (SSSR count). The molecule has 13 heteroatoms. The largest absolute Gasteiger partial charge is 0.370 e. The van der Waals surface area contributed by atoms with Gasteiger partial charge in [0.1, 0.15) is 12.1 Å². The van der Waals surface area contributed by atoms with E-state index in [1.165, 1.54) is 28.9 Å². The van der Waals surface area contributed by atoms with Gasteiger partial charge in [0, 0.05) is 29.4 Å². The number of benzene rings is 1. The zero-order chi connectivity index (χ0) is 30.5. The molecule has 0 saturated heterocycles. The predicted molar refractivity (Wildman–Crippen MR) is 165 cm³/mol. The second-order valence-corrected chi connectivity index (χ2v) is 11.9. The van der Waals surface area contributed by atoms with Crippen molar-refractivity contribution in [2.45, 2.75) is 57.7 Å². The van der Waals surface area contributed by atoms with Crippen molar-refractivity contribution in [2.75, 3.05) is 6.54 Å². The van der Waals surface area contributed by atoms with E-state index in [-0.39, 0.29) is 54.4 Å². The second kappa shape index (κ2) is 16.4. The van der Waals surface area contributed by atoms with Gasteiger partial charge in [-0.1, -0.05) is 50.2 Å². The normalized spacial score (nSPS) is 13.0. The number of carbonyl (C=O) groups excluding carboxylic acids is 4. The van der Waals surface area contributed by atoms with Gasteiger partial charge in [-0.15, -0.1) is 22.7 Å². The number of hydrogen-bond donors (Lipinski definition) is 5. The van der Waals surface area contributed by atoms with Crippen molar-refractivity contribution < 1.29 is 19.2 Å². The maximum Gasteiger partial charge on any atom is 0.243 e. The fourth-order valence-electron chi connectivity index (χ4n) is 4.19. The second-order valence-electron chi connectivity index (χ2n) is 10.0. The Bertz CT molecular complexity index is 1330. The summed E-state index contributed by atoms with van der Waals surface area (Å²) in [5.74, 6) is -2.02.